The Labute approximate surface area is 144 Å². The van der Waals surface area contributed by atoms with Crippen molar-refractivity contribution in [3.05, 3.63) is 35.4 Å². The van der Waals surface area contributed by atoms with Crippen molar-refractivity contribution in [1.29, 1.82) is 0 Å². The molecule has 1 spiro atoms. The Kier molecular flexibility index (Phi) is 5.26. The lowest BCUT2D eigenvalue weighted by Crippen LogP contribution is -2.62. The summed E-state index contributed by atoms with van der Waals surface area (Å²) in [5.74, 6) is 0.194. The van der Waals surface area contributed by atoms with Gasteiger partial charge in [0.1, 0.15) is 0 Å². The number of benzene rings is 1. The number of ether oxygens (including phenoxy) is 1. The predicted octanol–water partition coefficient (Wildman–Crippen LogP) is 2.57. The lowest BCUT2D eigenvalue weighted by Gasteiger charge is -2.56. The largest absolute Gasteiger partial charge is 0.392 e. The van der Waals surface area contributed by atoms with Crippen molar-refractivity contribution >= 4 is 5.91 Å². The molecule has 1 aliphatic carbocycles. The quantitative estimate of drug-likeness (QED) is 0.902. The first kappa shape index (κ1) is 17.4. The first-order valence-electron chi connectivity index (χ1n) is 9.24. The van der Waals surface area contributed by atoms with E-state index in [0.717, 1.165) is 44.3 Å². The van der Waals surface area contributed by atoms with Crippen LogP contribution in [0.2, 0.25) is 0 Å². The first-order valence-corrected chi connectivity index (χ1v) is 9.24. The highest BCUT2D eigenvalue weighted by atomic mass is 16.5. The van der Waals surface area contributed by atoms with E-state index in [1.165, 1.54) is 5.56 Å². The number of aliphatic hydroxyl groups is 1. The second-order valence-electron chi connectivity index (χ2n) is 7.16. The zero-order chi connectivity index (χ0) is 17.2. The number of carbonyl (C=O) groups is 1. The number of aliphatic hydroxyl groups excluding tert-OH is 1. The summed E-state index contributed by atoms with van der Waals surface area (Å²) in [5, 5.41) is 10.3. The SMILES string of the molecule is CCOC1CC(O)C12CCN(C(=O)Cc1cccc(CC)c1)CC2. The molecule has 24 heavy (non-hydrogen) atoms. The van der Waals surface area contributed by atoms with Gasteiger partial charge in [-0.25, -0.2) is 0 Å². The Morgan fingerprint density at radius 2 is 2.00 bits per heavy atom. The van der Waals surface area contributed by atoms with Gasteiger partial charge in [-0.05, 0) is 37.3 Å². The topological polar surface area (TPSA) is 49.8 Å². The molecule has 0 aromatic heterocycles. The molecule has 1 aromatic carbocycles. The second-order valence-corrected chi connectivity index (χ2v) is 7.16. The molecule has 4 nitrogen and oxygen atoms in total. The van der Waals surface area contributed by atoms with Crippen molar-refractivity contribution in [1.82, 2.24) is 4.90 Å². The lowest BCUT2D eigenvalue weighted by atomic mass is 9.58. The Morgan fingerprint density at radius 1 is 1.29 bits per heavy atom. The third-order valence-corrected chi connectivity index (χ3v) is 5.91. The van der Waals surface area contributed by atoms with Gasteiger partial charge in [0.05, 0.1) is 18.6 Å². The molecule has 4 heteroatoms. The Hall–Kier alpha value is -1.39. The minimum absolute atomic E-state index is 0.116. The van der Waals surface area contributed by atoms with Gasteiger partial charge < -0.3 is 14.7 Å². The van der Waals surface area contributed by atoms with Crippen LogP contribution in [0.15, 0.2) is 24.3 Å². The highest BCUT2D eigenvalue weighted by Gasteiger charge is 2.56. The third kappa shape index (κ3) is 3.22. The molecule has 1 saturated carbocycles. The monoisotopic (exact) mass is 331 g/mol. The van der Waals surface area contributed by atoms with E-state index in [4.69, 9.17) is 4.74 Å². The summed E-state index contributed by atoms with van der Waals surface area (Å²) in [4.78, 5) is 14.6. The number of carbonyl (C=O) groups excluding carboxylic acids is 1. The highest BCUT2D eigenvalue weighted by molar-refractivity contribution is 5.79. The summed E-state index contributed by atoms with van der Waals surface area (Å²) < 4.78 is 5.79. The maximum atomic E-state index is 12.6. The van der Waals surface area contributed by atoms with E-state index in [9.17, 15) is 9.90 Å². The molecule has 2 aliphatic rings. The molecule has 3 rings (SSSR count). The van der Waals surface area contributed by atoms with Gasteiger partial charge in [0, 0.05) is 31.5 Å². The van der Waals surface area contributed by atoms with Crippen LogP contribution >= 0.6 is 0 Å². The predicted molar refractivity (Wildman–Crippen MR) is 93.8 cm³/mol. The van der Waals surface area contributed by atoms with Gasteiger partial charge in [-0.15, -0.1) is 0 Å². The molecule has 2 atom stereocenters. The first-order chi connectivity index (χ1) is 11.6. The van der Waals surface area contributed by atoms with Crippen LogP contribution in [0, 0.1) is 5.41 Å². The van der Waals surface area contributed by atoms with Crippen molar-refractivity contribution in [2.24, 2.45) is 5.41 Å². The van der Waals surface area contributed by atoms with E-state index >= 15 is 0 Å². The molecule has 1 N–H and O–H groups in total. The molecule has 1 amide bonds. The minimum atomic E-state index is -0.271. The highest BCUT2D eigenvalue weighted by Crippen LogP contribution is 2.50. The van der Waals surface area contributed by atoms with Crippen molar-refractivity contribution in [3.8, 4) is 0 Å². The zero-order valence-corrected chi connectivity index (χ0v) is 14.8. The van der Waals surface area contributed by atoms with Crippen molar-refractivity contribution in [2.45, 2.75) is 58.2 Å². The van der Waals surface area contributed by atoms with E-state index in [1.54, 1.807) is 0 Å². The van der Waals surface area contributed by atoms with Gasteiger partial charge in [0.25, 0.3) is 0 Å². The summed E-state index contributed by atoms with van der Waals surface area (Å²) in [5.41, 5.74) is 2.25. The van der Waals surface area contributed by atoms with Gasteiger partial charge in [0.15, 0.2) is 0 Å². The summed E-state index contributed by atoms with van der Waals surface area (Å²) in [6.07, 6.45) is 3.79. The summed E-state index contributed by atoms with van der Waals surface area (Å²) >= 11 is 0. The number of nitrogens with zero attached hydrogens (tertiary/aromatic N) is 1. The molecular formula is C20H29NO3. The van der Waals surface area contributed by atoms with E-state index in [-0.39, 0.29) is 23.5 Å². The number of piperidine rings is 1. The van der Waals surface area contributed by atoms with Gasteiger partial charge in [-0.1, -0.05) is 31.2 Å². The van der Waals surface area contributed by atoms with Crippen LogP contribution in [0.4, 0.5) is 0 Å². The summed E-state index contributed by atoms with van der Waals surface area (Å²) in [6, 6.07) is 8.29. The standard InChI is InChI=1S/C20H29NO3/c1-3-15-6-5-7-16(12-15)13-19(23)21-10-8-20(9-11-21)17(22)14-18(20)24-4-2/h5-7,12,17-18,22H,3-4,8-11,13-14H2,1-2H3. The Bertz CT molecular complexity index is 576. The molecule has 0 radical (unpaired) electrons. The molecule has 0 bridgehead atoms. The Morgan fingerprint density at radius 3 is 2.62 bits per heavy atom. The zero-order valence-electron chi connectivity index (χ0n) is 14.8. The third-order valence-electron chi connectivity index (χ3n) is 5.91. The van der Waals surface area contributed by atoms with Crippen molar-refractivity contribution in [2.75, 3.05) is 19.7 Å². The maximum absolute atomic E-state index is 12.6. The van der Waals surface area contributed by atoms with Gasteiger partial charge in [0.2, 0.25) is 5.91 Å². The average Bonchev–Trinajstić information content (AvgIpc) is 2.62. The van der Waals surface area contributed by atoms with E-state index in [1.807, 2.05) is 24.0 Å². The number of amides is 1. The lowest BCUT2D eigenvalue weighted by molar-refractivity contribution is -0.210. The second kappa shape index (κ2) is 7.24. The van der Waals surface area contributed by atoms with Crippen LogP contribution in [0.3, 0.4) is 0 Å². The molecular weight excluding hydrogens is 302 g/mol. The molecule has 1 aromatic rings. The van der Waals surface area contributed by atoms with Crippen LogP contribution < -0.4 is 0 Å². The van der Waals surface area contributed by atoms with Gasteiger partial charge in [-0.3, -0.25) is 4.79 Å². The molecule has 2 unspecified atom stereocenters. The van der Waals surface area contributed by atoms with Crippen molar-refractivity contribution in [3.63, 3.8) is 0 Å². The van der Waals surface area contributed by atoms with Gasteiger partial charge >= 0.3 is 0 Å². The fourth-order valence-electron chi connectivity index (χ4n) is 4.24. The Balaban J connectivity index is 1.57. The van der Waals surface area contributed by atoms with Crippen LogP contribution in [-0.4, -0.2) is 47.8 Å². The van der Waals surface area contributed by atoms with Crippen LogP contribution in [0.1, 0.15) is 44.2 Å². The van der Waals surface area contributed by atoms with E-state index in [0.29, 0.717) is 13.0 Å². The van der Waals surface area contributed by atoms with Crippen LogP contribution in [-0.2, 0) is 22.4 Å². The fraction of sp³-hybridized carbons (Fsp3) is 0.650. The summed E-state index contributed by atoms with van der Waals surface area (Å²) in [6.45, 7) is 6.28. The molecule has 132 valence electrons. The van der Waals surface area contributed by atoms with Gasteiger partial charge in [-0.2, -0.15) is 0 Å². The number of hydrogen-bond donors (Lipinski definition) is 1. The summed E-state index contributed by atoms with van der Waals surface area (Å²) in [7, 11) is 0. The number of aryl methyl sites for hydroxylation is 1. The van der Waals surface area contributed by atoms with Crippen LogP contribution in [0.5, 0.6) is 0 Å². The molecule has 2 fully saturated rings. The normalized spacial score (nSPS) is 25.5. The molecule has 1 saturated heterocycles. The number of hydrogen-bond acceptors (Lipinski definition) is 3. The smallest absolute Gasteiger partial charge is 0.226 e. The van der Waals surface area contributed by atoms with Crippen molar-refractivity contribution < 1.29 is 14.6 Å². The van der Waals surface area contributed by atoms with Crippen LogP contribution in [0.25, 0.3) is 0 Å². The number of likely N-dealkylation sites (tertiary alicyclic amines) is 1. The average molecular weight is 331 g/mol. The molecule has 1 aliphatic heterocycles. The number of rotatable bonds is 5. The fourth-order valence-corrected chi connectivity index (χ4v) is 4.24. The van der Waals surface area contributed by atoms with E-state index < -0.39 is 0 Å². The van der Waals surface area contributed by atoms with E-state index in [2.05, 4.69) is 19.1 Å². The molecule has 1 heterocycles. The maximum Gasteiger partial charge on any atom is 0.226 e. The minimum Gasteiger partial charge on any atom is -0.392 e.